The van der Waals surface area contributed by atoms with Crippen LogP contribution in [0.5, 0.6) is 0 Å². The van der Waals surface area contributed by atoms with Gasteiger partial charge in [-0.05, 0) is 52.0 Å². The Morgan fingerprint density at radius 1 is 1.22 bits per heavy atom. The molecule has 1 fully saturated rings. The Morgan fingerprint density at radius 3 is 2.87 bits per heavy atom. The van der Waals surface area contributed by atoms with Crippen LogP contribution in [0.1, 0.15) is 24.6 Å². The van der Waals surface area contributed by atoms with Crippen molar-refractivity contribution in [2.24, 2.45) is 0 Å². The second kappa shape index (κ2) is 5.70. The van der Waals surface area contributed by atoms with E-state index in [9.17, 15) is 0 Å². The second-order valence-corrected chi connectivity index (χ2v) is 6.38. The third-order valence-electron chi connectivity index (χ3n) is 4.66. The number of rotatable bonds is 3. The van der Waals surface area contributed by atoms with E-state index in [4.69, 9.17) is 0 Å². The van der Waals surface area contributed by atoms with E-state index in [2.05, 4.69) is 55.6 Å². The van der Waals surface area contributed by atoms with Crippen LogP contribution in [0.3, 0.4) is 0 Å². The van der Waals surface area contributed by atoms with Crippen LogP contribution in [0.15, 0.2) is 36.9 Å². The van der Waals surface area contributed by atoms with Crippen LogP contribution in [0.2, 0.25) is 0 Å². The molecule has 0 bridgehead atoms. The minimum atomic E-state index is 0.506. The number of imidazole rings is 1. The minimum Gasteiger partial charge on any atom is -0.350 e. The molecule has 0 unspecified atom stereocenters. The molecule has 0 radical (unpaired) electrons. The number of hydrogen-bond acceptors (Lipinski definition) is 4. The predicted octanol–water partition coefficient (Wildman–Crippen LogP) is 2.85. The molecule has 4 heterocycles. The average molecular weight is 310 g/mol. The van der Waals surface area contributed by atoms with Gasteiger partial charge in [0.25, 0.3) is 0 Å². The summed E-state index contributed by atoms with van der Waals surface area (Å²) in [5, 5.41) is 8.01. The fourth-order valence-corrected chi connectivity index (χ4v) is 3.25. The second-order valence-electron chi connectivity index (χ2n) is 6.38. The fourth-order valence-electron chi connectivity index (χ4n) is 3.25. The van der Waals surface area contributed by atoms with Crippen molar-refractivity contribution < 1.29 is 0 Å². The van der Waals surface area contributed by atoms with Gasteiger partial charge in [-0.15, -0.1) is 0 Å². The summed E-state index contributed by atoms with van der Waals surface area (Å²) < 4.78 is 4.19. The Balaban J connectivity index is 1.55. The molecule has 1 aliphatic heterocycles. The molecule has 0 aliphatic carbocycles. The van der Waals surface area contributed by atoms with E-state index >= 15 is 0 Å². The molecule has 4 rings (SSSR count). The van der Waals surface area contributed by atoms with Gasteiger partial charge in [0.2, 0.25) is 0 Å². The molecule has 6 heteroatoms. The number of hydrogen-bond donors (Lipinski definition) is 1. The maximum Gasteiger partial charge on any atom is 0.160 e. The molecule has 0 atom stereocenters. The lowest BCUT2D eigenvalue weighted by Crippen LogP contribution is -2.31. The number of pyridine rings is 1. The molecule has 3 aromatic rings. The van der Waals surface area contributed by atoms with Crippen molar-refractivity contribution in [1.82, 2.24) is 24.1 Å². The topological polar surface area (TPSA) is 50.4 Å². The molecular formula is C17H22N6. The van der Waals surface area contributed by atoms with E-state index in [1.165, 1.54) is 0 Å². The van der Waals surface area contributed by atoms with Gasteiger partial charge >= 0.3 is 0 Å². The van der Waals surface area contributed by atoms with Crippen LogP contribution in [-0.2, 0) is 0 Å². The molecule has 1 N–H and O–H groups in total. The third-order valence-corrected chi connectivity index (χ3v) is 4.66. The lowest BCUT2D eigenvalue weighted by atomic mass is 10.1. The van der Waals surface area contributed by atoms with Gasteiger partial charge in [-0.25, -0.2) is 4.98 Å². The number of nitrogens with one attached hydrogen (secondary N) is 1. The molecule has 1 aliphatic rings. The first-order valence-electron chi connectivity index (χ1n) is 8.13. The third kappa shape index (κ3) is 2.70. The number of piperidine rings is 1. The van der Waals surface area contributed by atoms with Gasteiger partial charge < -0.3 is 14.6 Å². The first-order chi connectivity index (χ1) is 11.2. The highest BCUT2D eigenvalue weighted by Crippen LogP contribution is 2.25. The summed E-state index contributed by atoms with van der Waals surface area (Å²) in [6.45, 7) is 4.34. The molecule has 0 spiro atoms. The lowest BCUT2D eigenvalue weighted by molar-refractivity contribution is 0.212. The van der Waals surface area contributed by atoms with E-state index in [1.54, 1.807) is 0 Å². The number of aryl methyl sites for hydroxylation is 1. The van der Waals surface area contributed by atoms with Gasteiger partial charge in [0.1, 0.15) is 0 Å². The van der Waals surface area contributed by atoms with Crippen LogP contribution in [0.25, 0.3) is 5.65 Å². The van der Waals surface area contributed by atoms with Gasteiger partial charge in [0, 0.05) is 24.3 Å². The molecule has 120 valence electrons. The van der Waals surface area contributed by atoms with Crippen LogP contribution < -0.4 is 5.32 Å². The maximum absolute atomic E-state index is 4.55. The van der Waals surface area contributed by atoms with Crippen molar-refractivity contribution in [1.29, 1.82) is 0 Å². The van der Waals surface area contributed by atoms with Crippen LogP contribution in [0, 0.1) is 6.92 Å². The smallest absolute Gasteiger partial charge is 0.160 e. The van der Waals surface area contributed by atoms with E-state index in [1.807, 2.05) is 24.7 Å². The molecule has 23 heavy (non-hydrogen) atoms. The van der Waals surface area contributed by atoms with Gasteiger partial charge in [-0.1, -0.05) is 0 Å². The summed E-state index contributed by atoms with van der Waals surface area (Å²) in [5.41, 5.74) is 4.09. The Kier molecular flexibility index (Phi) is 3.53. The average Bonchev–Trinajstić information content (AvgIpc) is 3.17. The zero-order valence-electron chi connectivity index (χ0n) is 13.6. The molecule has 0 aromatic carbocycles. The number of fused-ring (bicyclic) bond motifs is 1. The largest absolute Gasteiger partial charge is 0.350 e. The number of anilines is 2. The molecular weight excluding hydrogens is 288 g/mol. The Hall–Kier alpha value is -2.34. The summed E-state index contributed by atoms with van der Waals surface area (Å²) in [5.74, 6) is 0. The van der Waals surface area contributed by atoms with Crippen LogP contribution >= 0.6 is 0 Å². The van der Waals surface area contributed by atoms with Crippen molar-refractivity contribution in [2.75, 3.05) is 25.5 Å². The van der Waals surface area contributed by atoms with Crippen molar-refractivity contribution in [3.63, 3.8) is 0 Å². The molecule has 0 saturated carbocycles. The molecule has 6 nitrogen and oxygen atoms in total. The zero-order chi connectivity index (χ0) is 15.8. The Bertz CT molecular complexity index is 809. The SMILES string of the molecule is Cc1cnc2c(Nc3cnn(C4CCN(C)CC4)c3)cccn12. The number of aromatic nitrogens is 4. The minimum absolute atomic E-state index is 0.506. The van der Waals surface area contributed by atoms with E-state index in [-0.39, 0.29) is 0 Å². The Morgan fingerprint density at radius 2 is 2.04 bits per heavy atom. The normalized spacial score (nSPS) is 17.0. The Labute approximate surface area is 135 Å². The standard InChI is InChI=1S/C17H22N6/c1-13-10-18-17-16(4-3-7-22(13)17)20-14-11-19-23(12-14)15-5-8-21(2)9-6-15/h3-4,7,10-12,15,20H,5-6,8-9H2,1-2H3. The summed E-state index contributed by atoms with van der Waals surface area (Å²) >= 11 is 0. The van der Waals surface area contributed by atoms with Crippen molar-refractivity contribution >= 4 is 17.0 Å². The van der Waals surface area contributed by atoms with Crippen molar-refractivity contribution in [3.05, 3.63) is 42.6 Å². The predicted molar refractivity (Wildman–Crippen MR) is 91.2 cm³/mol. The highest BCUT2D eigenvalue weighted by Gasteiger charge is 2.19. The van der Waals surface area contributed by atoms with Gasteiger partial charge in [-0.2, -0.15) is 5.10 Å². The first kappa shape index (κ1) is 14.3. The molecule has 3 aromatic heterocycles. The van der Waals surface area contributed by atoms with Gasteiger partial charge in [-0.3, -0.25) is 4.68 Å². The van der Waals surface area contributed by atoms with E-state index in [0.29, 0.717) is 6.04 Å². The van der Waals surface area contributed by atoms with Gasteiger partial charge in [0.05, 0.1) is 23.6 Å². The fraction of sp³-hybridized carbons (Fsp3) is 0.412. The monoisotopic (exact) mass is 310 g/mol. The summed E-state index contributed by atoms with van der Waals surface area (Å²) in [4.78, 5) is 6.86. The summed E-state index contributed by atoms with van der Waals surface area (Å²) in [6, 6.07) is 4.59. The highest BCUT2D eigenvalue weighted by atomic mass is 15.3. The van der Waals surface area contributed by atoms with Crippen molar-refractivity contribution in [2.45, 2.75) is 25.8 Å². The summed E-state index contributed by atoms with van der Waals surface area (Å²) in [6.07, 6.45) is 10.2. The lowest BCUT2D eigenvalue weighted by Gasteiger charge is -2.28. The first-order valence-corrected chi connectivity index (χ1v) is 8.13. The maximum atomic E-state index is 4.55. The van der Waals surface area contributed by atoms with Crippen molar-refractivity contribution in [3.8, 4) is 0 Å². The summed E-state index contributed by atoms with van der Waals surface area (Å²) in [7, 11) is 2.18. The van der Waals surface area contributed by atoms with E-state index in [0.717, 1.165) is 48.6 Å². The number of nitrogens with zero attached hydrogens (tertiary/aromatic N) is 5. The van der Waals surface area contributed by atoms with Crippen LogP contribution in [-0.4, -0.2) is 44.2 Å². The highest BCUT2D eigenvalue weighted by molar-refractivity contribution is 5.73. The molecule has 0 amide bonds. The number of likely N-dealkylation sites (tertiary alicyclic amines) is 1. The zero-order valence-corrected chi connectivity index (χ0v) is 13.6. The molecule has 1 saturated heterocycles. The van der Waals surface area contributed by atoms with Gasteiger partial charge in [0.15, 0.2) is 5.65 Å². The van der Waals surface area contributed by atoms with E-state index < -0.39 is 0 Å². The van der Waals surface area contributed by atoms with Crippen LogP contribution in [0.4, 0.5) is 11.4 Å². The quantitative estimate of drug-likeness (QED) is 0.808.